The maximum Gasteiger partial charge on any atom is 0.340 e. The summed E-state index contributed by atoms with van der Waals surface area (Å²) in [5, 5.41) is 22.9. The number of aromatic hydroxyl groups is 1. The summed E-state index contributed by atoms with van der Waals surface area (Å²) in [5.74, 6) is -1.80. The number of phenolic OH excluding ortho intramolecular Hbond substituents is 1. The molecule has 3 rings (SSSR count). The van der Waals surface area contributed by atoms with Crippen LogP contribution in [0.15, 0.2) is 45.6 Å². The Labute approximate surface area is 176 Å². The van der Waals surface area contributed by atoms with Gasteiger partial charge in [-0.1, -0.05) is 23.7 Å². The largest absolute Gasteiger partial charge is 0.508 e. The maximum atomic E-state index is 12.5. The van der Waals surface area contributed by atoms with Gasteiger partial charge in [0.15, 0.2) is 0 Å². The van der Waals surface area contributed by atoms with E-state index in [1.54, 1.807) is 44.2 Å². The van der Waals surface area contributed by atoms with Crippen LogP contribution in [0.5, 0.6) is 5.75 Å². The molecule has 2 aromatic carbocycles. The molecule has 0 saturated heterocycles. The average Bonchev–Trinajstić information content (AvgIpc) is 2.69. The van der Waals surface area contributed by atoms with E-state index in [9.17, 15) is 24.6 Å². The fraction of sp³-hybridized carbons (Fsp3) is 0.227. The number of aryl methyl sites for hydroxylation is 2. The van der Waals surface area contributed by atoms with E-state index in [1.807, 2.05) is 0 Å². The lowest BCUT2D eigenvalue weighted by molar-refractivity contribution is -0.141. The fourth-order valence-corrected chi connectivity index (χ4v) is 3.37. The van der Waals surface area contributed by atoms with E-state index in [-0.39, 0.29) is 29.7 Å². The molecule has 30 heavy (non-hydrogen) atoms. The van der Waals surface area contributed by atoms with Crippen LogP contribution in [0.2, 0.25) is 5.02 Å². The van der Waals surface area contributed by atoms with Crippen LogP contribution in [-0.4, -0.2) is 28.1 Å². The van der Waals surface area contributed by atoms with Crippen LogP contribution in [0.25, 0.3) is 11.0 Å². The van der Waals surface area contributed by atoms with Crippen molar-refractivity contribution in [2.24, 2.45) is 0 Å². The van der Waals surface area contributed by atoms with Gasteiger partial charge in [0.1, 0.15) is 17.4 Å². The monoisotopic (exact) mass is 429 g/mol. The van der Waals surface area contributed by atoms with Crippen molar-refractivity contribution in [3.63, 3.8) is 0 Å². The number of aliphatic carboxylic acids is 1. The van der Waals surface area contributed by atoms with Gasteiger partial charge in [0.2, 0.25) is 5.91 Å². The van der Waals surface area contributed by atoms with E-state index in [2.05, 4.69) is 5.32 Å². The third-order valence-corrected chi connectivity index (χ3v) is 5.25. The van der Waals surface area contributed by atoms with Crippen molar-refractivity contribution in [1.29, 1.82) is 0 Å². The van der Waals surface area contributed by atoms with E-state index in [1.165, 1.54) is 6.07 Å². The molecular formula is C22H20ClNO6. The van der Waals surface area contributed by atoms with Gasteiger partial charge in [-0.2, -0.15) is 0 Å². The van der Waals surface area contributed by atoms with Gasteiger partial charge in [0.05, 0.1) is 12.0 Å². The molecule has 0 bridgehead atoms. The van der Waals surface area contributed by atoms with Gasteiger partial charge in [-0.05, 0) is 49.2 Å². The number of hydrogen-bond acceptors (Lipinski definition) is 5. The minimum atomic E-state index is -1.19. The first-order valence-electron chi connectivity index (χ1n) is 9.19. The average molecular weight is 430 g/mol. The minimum Gasteiger partial charge on any atom is -0.508 e. The SMILES string of the molecule is Cc1c(CC(=O)N[C@@H](Cc2ccc(Cl)cc2)C(=O)O)c(=O)oc2c(C)c(O)ccc12. The highest BCUT2D eigenvalue weighted by atomic mass is 35.5. The summed E-state index contributed by atoms with van der Waals surface area (Å²) in [6.45, 7) is 3.31. The Kier molecular flexibility index (Phi) is 6.12. The summed E-state index contributed by atoms with van der Waals surface area (Å²) in [5.41, 5.74) is 1.37. The third kappa shape index (κ3) is 4.46. The number of fused-ring (bicyclic) bond motifs is 1. The molecular weight excluding hydrogens is 410 g/mol. The second kappa shape index (κ2) is 8.59. The molecule has 0 aliphatic heterocycles. The van der Waals surface area contributed by atoms with Crippen LogP contribution in [0.4, 0.5) is 0 Å². The van der Waals surface area contributed by atoms with Crippen LogP contribution in [0, 0.1) is 13.8 Å². The first-order valence-corrected chi connectivity index (χ1v) is 9.56. The standard InChI is InChI=1S/C22H20ClNO6/c1-11-15-7-8-18(25)12(2)20(15)30-22(29)16(11)10-19(26)24-17(21(27)28)9-13-3-5-14(23)6-4-13/h3-8,17,25H,9-10H2,1-2H3,(H,24,26)(H,27,28)/t17-/m0/s1. The number of amides is 1. The maximum absolute atomic E-state index is 12.5. The second-order valence-corrected chi connectivity index (χ2v) is 7.48. The summed E-state index contributed by atoms with van der Waals surface area (Å²) in [4.78, 5) is 36.5. The molecule has 0 aliphatic rings. The Bertz CT molecular complexity index is 1180. The predicted octanol–water partition coefficient (Wildman–Crippen LogP) is 3.12. The fourth-order valence-electron chi connectivity index (χ4n) is 3.24. The van der Waals surface area contributed by atoms with Gasteiger partial charge in [0, 0.05) is 22.4 Å². The second-order valence-electron chi connectivity index (χ2n) is 7.05. The molecule has 1 heterocycles. The van der Waals surface area contributed by atoms with Crippen molar-refractivity contribution in [2.75, 3.05) is 0 Å². The summed E-state index contributed by atoms with van der Waals surface area (Å²) in [6, 6.07) is 8.58. The van der Waals surface area contributed by atoms with Crippen LogP contribution < -0.4 is 10.9 Å². The molecule has 1 aromatic heterocycles. The summed E-state index contributed by atoms with van der Waals surface area (Å²) in [7, 11) is 0. The topological polar surface area (TPSA) is 117 Å². The summed E-state index contributed by atoms with van der Waals surface area (Å²) >= 11 is 5.84. The van der Waals surface area contributed by atoms with Crippen LogP contribution in [-0.2, 0) is 22.4 Å². The number of benzene rings is 2. The van der Waals surface area contributed by atoms with Crippen molar-refractivity contribution in [3.05, 3.63) is 74.1 Å². The highest BCUT2D eigenvalue weighted by Gasteiger charge is 2.23. The number of hydrogen-bond donors (Lipinski definition) is 3. The minimum absolute atomic E-state index is 0.00189. The zero-order valence-electron chi connectivity index (χ0n) is 16.4. The lowest BCUT2D eigenvalue weighted by Crippen LogP contribution is -2.43. The van der Waals surface area contributed by atoms with E-state index < -0.39 is 23.5 Å². The molecule has 0 unspecified atom stereocenters. The first-order chi connectivity index (χ1) is 14.2. The lowest BCUT2D eigenvalue weighted by Gasteiger charge is -2.15. The highest BCUT2D eigenvalue weighted by molar-refractivity contribution is 6.30. The lowest BCUT2D eigenvalue weighted by atomic mass is 10.0. The normalized spacial score (nSPS) is 12.0. The van der Waals surface area contributed by atoms with Gasteiger partial charge in [0.25, 0.3) is 0 Å². The Morgan fingerprint density at radius 3 is 2.40 bits per heavy atom. The number of rotatable bonds is 6. The number of nitrogens with one attached hydrogen (secondary N) is 1. The number of carbonyl (C=O) groups excluding carboxylic acids is 1. The van der Waals surface area contributed by atoms with Gasteiger partial charge in [-0.25, -0.2) is 9.59 Å². The summed E-state index contributed by atoms with van der Waals surface area (Å²) < 4.78 is 5.32. The number of halogens is 1. The van der Waals surface area contributed by atoms with Gasteiger partial charge < -0.3 is 19.9 Å². The van der Waals surface area contributed by atoms with E-state index in [0.717, 1.165) is 0 Å². The molecule has 0 radical (unpaired) electrons. The predicted molar refractivity (Wildman–Crippen MR) is 112 cm³/mol. The van der Waals surface area contributed by atoms with E-state index >= 15 is 0 Å². The molecule has 8 heteroatoms. The smallest absolute Gasteiger partial charge is 0.340 e. The van der Waals surface area contributed by atoms with Crippen molar-refractivity contribution >= 4 is 34.4 Å². The Morgan fingerprint density at radius 1 is 1.10 bits per heavy atom. The van der Waals surface area contributed by atoms with Gasteiger partial charge in [-0.15, -0.1) is 0 Å². The summed E-state index contributed by atoms with van der Waals surface area (Å²) in [6.07, 6.45) is -0.254. The molecule has 0 saturated carbocycles. The Balaban J connectivity index is 1.83. The zero-order valence-corrected chi connectivity index (χ0v) is 17.1. The van der Waals surface area contributed by atoms with Crippen molar-refractivity contribution in [1.82, 2.24) is 5.32 Å². The van der Waals surface area contributed by atoms with Crippen LogP contribution >= 0.6 is 11.6 Å². The molecule has 0 aliphatic carbocycles. The number of phenols is 1. The molecule has 0 fully saturated rings. The van der Waals surface area contributed by atoms with Crippen molar-refractivity contribution < 1.29 is 24.2 Å². The number of carboxylic acid groups (broad SMARTS) is 1. The molecule has 1 amide bonds. The van der Waals surface area contributed by atoms with Crippen LogP contribution in [0.1, 0.15) is 22.3 Å². The quantitative estimate of drug-likeness (QED) is 0.518. The van der Waals surface area contributed by atoms with Crippen molar-refractivity contribution in [3.8, 4) is 5.75 Å². The van der Waals surface area contributed by atoms with Crippen LogP contribution in [0.3, 0.4) is 0 Å². The van der Waals surface area contributed by atoms with Gasteiger partial charge >= 0.3 is 11.6 Å². The molecule has 1 atom stereocenters. The first kappa shape index (κ1) is 21.4. The molecule has 7 nitrogen and oxygen atoms in total. The van der Waals surface area contributed by atoms with Crippen molar-refractivity contribution in [2.45, 2.75) is 32.7 Å². The molecule has 0 spiro atoms. The number of carbonyl (C=O) groups is 2. The Hall–Kier alpha value is -3.32. The van der Waals surface area contributed by atoms with E-state index in [4.69, 9.17) is 16.0 Å². The number of carboxylic acids is 1. The Morgan fingerprint density at radius 2 is 1.77 bits per heavy atom. The highest BCUT2D eigenvalue weighted by Crippen LogP contribution is 2.28. The zero-order chi connectivity index (χ0) is 22.0. The van der Waals surface area contributed by atoms with E-state index in [0.29, 0.717) is 27.1 Å². The van der Waals surface area contributed by atoms with Gasteiger partial charge in [-0.3, -0.25) is 4.79 Å². The molecule has 3 N–H and O–H groups in total. The molecule has 156 valence electrons. The third-order valence-electron chi connectivity index (χ3n) is 5.00. The molecule has 3 aromatic rings.